The van der Waals surface area contributed by atoms with Crippen LogP contribution in [0.3, 0.4) is 0 Å². The van der Waals surface area contributed by atoms with Gasteiger partial charge in [0.2, 0.25) is 0 Å². The van der Waals surface area contributed by atoms with Crippen molar-refractivity contribution in [1.29, 1.82) is 0 Å². The average molecular weight is 339 g/mol. The van der Waals surface area contributed by atoms with E-state index in [1.165, 1.54) is 12.1 Å². The van der Waals surface area contributed by atoms with Gasteiger partial charge in [0.1, 0.15) is 0 Å². The first kappa shape index (κ1) is 13.2. The Morgan fingerprint density at radius 2 is 2.20 bits per heavy atom. The molecular weight excluding hydrogens is 328 g/mol. The first-order valence-electron chi connectivity index (χ1n) is 6.09. The summed E-state index contributed by atoms with van der Waals surface area (Å²) in [4.78, 5) is 14.6. The third kappa shape index (κ3) is 2.56. The summed E-state index contributed by atoms with van der Waals surface area (Å²) in [5, 5.41) is 14.7. The summed E-state index contributed by atoms with van der Waals surface area (Å²) in [5.74, 6) is 1.10. The highest BCUT2D eigenvalue weighted by molar-refractivity contribution is 9.10. The highest BCUT2D eigenvalue weighted by Gasteiger charge is 2.32. The lowest BCUT2D eigenvalue weighted by atomic mass is 10.2. The molecule has 0 aliphatic heterocycles. The number of nitro benzene ring substituents is 1. The molecule has 0 amide bonds. The monoisotopic (exact) mass is 338 g/mol. The number of nitrogens with zero attached hydrogens (tertiary/aromatic N) is 3. The molecule has 0 spiro atoms. The number of nitrogens with two attached hydrogens (primary N) is 1. The van der Waals surface area contributed by atoms with Crippen molar-refractivity contribution in [3.8, 4) is 11.5 Å². The summed E-state index contributed by atoms with van der Waals surface area (Å²) < 4.78 is 5.73. The maximum atomic E-state index is 10.8. The Balaban J connectivity index is 1.94. The van der Waals surface area contributed by atoms with Crippen molar-refractivity contribution >= 4 is 21.6 Å². The average Bonchev–Trinajstić information content (AvgIpc) is 3.14. The summed E-state index contributed by atoms with van der Waals surface area (Å²) in [6, 6.07) is 4.27. The Morgan fingerprint density at radius 3 is 2.85 bits per heavy atom. The molecule has 1 aliphatic rings. The van der Waals surface area contributed by atoms with Crippen molar-refractivity contribution < 1.29 is 9.45 Å². The predicted octanol–water partition coefficient (Wildman–Crippen LogP) is 2.82. The lowest BCUT2D eigenvalue weighted by molar-refractivity contribution is -0.384. The minimum atomic E-state index is -0.471. The summed E-state index contributed by atoms with van der Waals surface area (Å²) in [6.07, 6.45) is 2.15. The summed E-state index contributed by atoms with van der Waals surface area (Å²) in [7, 11) is 0. The Kier molecular flexibility index (Phi) is 3.27. The molecule has 0 saturated heterocycles. The summed E-state index contributed by atoms with van der Waals surface area (Å²) >= 11 is 3.23. The maximum absolute atomic E-state index is 10.8. The number of hydrogen-bond acceptors (Lipinski definition) is 6. The van der Waals surface area contributed by atoms with Crippen molar-refractivity contribution in [1.82, 2.24) is 10.1 Å². The standard InChI is InChI=1S/C12H11BrN4O3/c13-8-3-7(4-9(5-8)17(18)19)12-15-11(16-20-12)10(14)6-1-2-6/h3-6,10H,1-2,14H2. The van der Waals surface area contributed by atoms with E-state index in [1.54, 1.807) is 6.07 Å². The van der Waals surface area contributed by atoms with Gasteiger partial charge in [0.05, 0.1) is 11.0 Å². The number of non-ortho nitro benzene ring substituents is 1. The van der Waals surface area contributed by atoms with Crippen molar-refractivity contribution in [3.63, 3.8) is 0 Å². The number of halogens is 1. The van der Waals surface area contributed by atoms with Gasteiger partial charge in [-0.3, -0.25) is 10.1 Å². The highest BCUT2D eigenvalue weighted by atomic mass is 79.9. The van der Waals surface area contributed by atoms with Gasteiger partial charge in [-0.05, 0) is 24.8 Å². The van der Waals surface area contributed by atoms with Gasteiger partial charge in [0.25, 0.3) is 11.6 Å². The molecule has 1 saturated carbocycles. The molecule has 7 nitrogen and oxygen atoms in total. The fourth-order valence-electron chi connectivity index (χ4n) is 1.96. The molecule has 2 aromatic rings. The van der Waals surface area contributed by atoms with Crippen molar-refractivity contribution in [2.45, 2.75) is 18.9 Å². The molecule has 1 heterocycles. The van der Waals surface area contributed by atoms with Crippen LogP contribution in [0.15, 0.2) is 27.2 Å². The van der Waals surface area contributed by atoms with E-state index in [0.717, 1.165) is 12.8 Å². The molecule has 3 rings (SSSR count). The number of hydrogen-bond donors (Lipinski definition) is 1. The molecule has 0 bridgehead atoms. The van der Waals surface area contributed by atoms with E-state index >= 15 is 0 Å². The van der Waals surface area contributed by atoms with Crippen LogP contribution >= 0.6 is 15.9 Å². The van der Waals surface area contributed by atoms with Crippen LogP contribution in [-0.4, -0.2) is 15.1 Å². The van der Waals surface area contributed by atoms with Gasteiger partial charge in [-0.25, -0.2) is 0 Å². The predicted molar refractivity (Wildman–Crippen MR) is 73.7 cm³/mol. The molecule has 8 heteroatoms. The van der Waals surface area contributed by atoms with E-state index < -0.39 is 4.92 Å². The Hall–Kier alpha value is -1.80. The third-order valence-corrected chi connectivity index (χ3v) is 3.67. The van der Waals surface area contributed by atoms with Crippen molar-refractivity contribution in [3.05, 3.63) is 38.6 Å². The first-order chi connectivity index (χ1) is 9.54. The lowest BCUT2D eigenvalue weighted by Crippen LogP contribution is -2.13. The third-order valence-electron chi connectivity index (χ3n) is 3.21. The SMILES string of the molecule is NC(c1noc(-c2cc(Br)cc([N+](=O)[O-])c2)n1)C1CC1. The fourth-order valence-corrected chi connectivity index (χ4v) is 2.44. The molecule has 1 atom stereocenters. The lowest BCUT2D eigenvalue weighted by Gasteiger charge is -2.01. The molecule has 20 heavy (non-hydrogen) atoms. The van der Waals surface area contributed by atoms with Crippen LogP contribution in [-0.2, 0) is 0 Å². The van der Waals surface area contributed by atoms with Gasteiger partial charge in [-0.1, -0.05) is 21.1 Å². The highest BCUT2D eigenvalue weighted by Crippen LogP contribution is 2.39. The topological polar surface area (TPSA) is 108 Å². The smallest absolute Gasteiger partial charge is 0.271 e. The maximum Gasteiger partial charge on any atom is 0.271 e. The number of aromatic nitrogens is 2. The molecule has 1 aromatic heterocycles. The number of benzene rings is 1. The van der Waals surface area contributed by atoms with Crippen LogP contribution in [0.25, 0.3) is 11.5 Å². The molecule has 1 unspecified atom stereocenters. The van der Waals surface area contributed by atoms with Gasteiger partial charge in [-0.2, -0.15) is 4.98 Å². The van der Waals surface area contributed by atoms with Crippen molar-refractivity contribution in [2.24, 2.45) is 11.7 Å². The second-order valence-corrected chi connectivity index (χ2v) is 5.69. The molecule has 1 fully saturated rings. The molecular formula is C12H11BrN4O3. The normalized spacial score (nSPS) is 16.1. The van der Waals surface area contributed by atoms with Crippen molar-refractivity contribution in [2.75, 3.05) is 0 Å². The molecule has 1 aliphatic carbocycles. The molecule has 0 radical (unpaired) electrons. The van der Waals surface area contributed by atoms with Gasteiger partial charge in [-0.15, -0.1) is 0 Å². The largest absolute Gasteiger partial charge is 0.334 e. The van der Waals surface area contributed by atoms with E-state index in [4.69, 9.17) is 10.3 Å². The van der Waals surface area contributed by atoms with Crippen LogP contribution in [0.5, 0.6) is 0 Å². The minimum Gasteiger partial charge on any atom is -0.334 e. The second-order valence-electron chi connectivity index (χ2n) is 4.78. The van der Waals surface area contributed by atoms with E-state index in [2.05, 4.69) is 26.1 Å². The summed E-state index contributed by atoms with van der Waals surface area (Å²) in [5.41, 5.74) is 6.45. The van der Waals surface area contributed by atoms with Gasteiger partial charge < -0.3 is 10.3 Å². The Morgan fingerprint density at radius 1 is 1.45 bits per heavy atom. The fraction of sp³-hybridized carbons (Fsp3) is 0.333. The zero-order valence-corrected chi connectivity index (χ0v) is 11.9. The second kappa shape index (κ2) is 4.95. The van der Waals surface area contributed by atoms with E-state index in [0.29, 0.717) is 21.8 Å². The van der Waals surface area contributed by atoms with Crippen LogP contribution in [0.1, 0.15) is 24.7 Å². The van der Waals surface area contributed by atoms with E-state index in [1.807, 2.05) is 0 Å². The van der Waals surface area contributed by atoms with Gasteiger partial charge in [0.15, 0.2) is 5.82 Å². The first-order valence-corrected chi connectivity index (χ1v) is 6.88. The quantitative estimate of drug-likeness (QED) is 0.678. The van der Waals surface area contributed by atoms with E-state index in [9.17, 15) is 10.1 Å². The zero-order chi connectivity index (χ0) is 14.3. The number of nitro groups is 1. The Labute approximate surface area is 122 Å². The zero-order valence-electron chi connectivity index (χ0n) is 10.3. The van der Waals surface area contributed by atoms with Crippen LogP contribution in [0.4, 0.5) is 5.69 Å². The molecule has 2 N–H and O–H groups in total. The Bertz CT molecular complexity index is 668. The van der Waals surface area contributed by atoms with Crippen LogP contribution in [0, 0.1) is 16.0 Å². The number of rotatable bonds is 4. The van der Waals surface area contributed by atoms with Gasteiger partial charge in [0, 0.05) is 22.2 Å². The summed E-state index contributed by atoms with van der Waals surface area (Å²) in [6.45, 7) is 0. The van der Waals surface area contributed by atoms with E-state index in [-0.39, 0.29) is 17.6 Å². The van der Waals surface area contributed by atoms with Gasteiger partial charge >= 0.3 is 0 Å². The molecule has 104 valence electrons. The van der Waals surface area contributed by atoms with Crippen LogP contribution in [0.2, 0.25) is 0 Å². The molecule has 1 aromatic carbocycles. The minimum absolute atomic E-state index is 0.0411. The van der Waals surface area contributed by atoms with Crippen LogP contribution < -0.4 is 5.73 Å².